The Labute approximate surface area is 215 Å². The highest BCUT2D eigenvalue weighted by Gasteiger charge is 2.18. The fourth-order valence-electron chi connectivity index (χ4n) is 4.67. The molecule has 2 aliphatic heterocycles. The summed E-state index contributed by atoms with van der Waals surface area (Å²) >= 11 is 0. The molecule has 1 aromatic carbocycles. The maximum absolute atomic E-state index is 12.6. The Kier molecular flexibility index (Phi) is 7.69. The first-order chi connectivity index (χ1) is 18.1. The van der Waals surface area contributed by atoms with Crippen molar-refractivity contribution in [2.75, 3.05) is 50.5 Å². The van der Waals surface area contributed by atoms with Crippen molar-refractivity contribution in [2.45, 2.75) is 38.1 Å². The second-order valence-electron chi connectivity index (χ2n) is 9.49. The second kappa shape index (κ2) is 11.5. The molecule has 1 saturated heterocycles. The molecule has 0 spiro atoms. The van der Waals surface area contributed by atoms with Gasteiger partial charge in [-0.1, -0.05) is 0 Å². The predicted octanol–water partition coefficient (Wildman–Crippen LogP) is 3.01. The number of aromatic nitrogens is 3. The Morgan fingerprint density at radius 3 is 2.89 bits per heavy atom. The van der Waals surface area contributed by atoms with E-state index in [-0.39, 0.29) is 11.8 Å². The number of benzene rings is 1. The van der Waals surface area contributed by atoms with Crippen LogP contribution in [0.5, 0.6) is 11.6 Å². The van der Waals surface area contributed by atoms with Gasteiger partial charge in [-0.15, -0.1) is 0 Å². The number of aromatic amines is 1. The predicted molar refractivity (Wildman–Crippen MR) is 144 cm³/mol. The molecule has 0 radical (unpaired) electrons. The maximum Gasteiger partial charge on any atom is 0.222 e. The van der Waals surface area contributed by atoms with E-state index in [1.54, 1.807) is 18.2 Å². The van der Waals surface area contributed by atoms with Gasteiger partial charge in [0.2, 0.25) is 5.91 Å². The van der Waals surface area contributed by atoms with Gasteiger partial charge in [0, 0.05) is 44.9 Å². The van der Waals surface area contributed by atoms with E-state index < -0.39 is 0 Å². The average Bonchev–Trinajstić information content (AvgIpc) is 3.23. The molecule has 0 saturated carbocycles. The lowest BCUT2D eigenvalue weighted by molar-refractivity contribution is -0.129. The minimum absolute atomic E-state index is 0.0373. The number of carbonyl (C=O) groups excluding carboxylic acids is 1. The topological polar surface area (TPSA) is 140 Å². The summed E-state index contributed by atoms with van der Waals surface area (Å²) in [5.41, 5.74) is 2.62. The van der Waals surface area contributed by atoms with Gasteiger partial charge < -0.3 is 35.7 Å². The summed E-state index contributed by atoms with van der Waals surface area (Å²) in [6.07, 6.45) is 7.14. The van der Waals surface area contributed by atoms with E-state index >= 15 is 0 Å². The zero-order valence-corrected chi connectivity index (χ0v) is 21.1. The Bertz CT molecular complexity index is 1270. The van der Waals surface area contributed by atoms with Crippen LogP contribution in [0, 0.1) is 0 Å². The van der Waals surface area contributed by atoms with Crippen LogP contribution in [0.15, 0.2) is 29.5 Å². The van der Waals surface area contributed by atoms with Crippen LogP contribution in [0.2, 0.25) is 0 Å². The van der Waals surface area contributed by atoms with E-state index in [1.807, 2.05) is 18.2 Å². The van der Waals surface area contributed by atoms with Gasteiger partial charge >= 0.3 is 0 Å². The highest BCUT2D eigenvalue weighted by atomic mass is 16.5. The number of hydrogen-bond donors (Lipinski definition) is 5. The molecule has 4 heterocycles. The molecule has 37 heavy (non-hydrogen) atoms. The van der Waals surface area contributed by atoms with Crippen LogP contribution in [0.1, 0.15) is 37.7 Å². The molecule has 0 atom stereocenters. The Hall–Kier alpha value is -3.86. The van der Waals surface area contributed by atoms with Crippen LogP contribution in [-0.4, -0.2) is 83.0 Å². The van der Waals surface area contributed by atoms with Crippen molar-refractivity contribution in [3.8, 4) is 11.6 Å². The number of aromatic hydroxyl groups is 1. The molecule has 2 bridgehead atoms. The SMILES string of the molecule is CN1CCNc2ncnc3[nH]c(O)c(c23)C=Nc2ccc(NC3CCNCC3)c(c2)OCCCCC1=O. The first-order valence-corrected chi connectivity index (χ1v) is 12.9. The van der Waals surface area contributed by atoms with E-state index in [4.69, 9.17) is 4.74 Å². The fraction of sp³-hybridized carbons (Fsp3) is 0.462. The molecule has 2 aromatic heterocycles. The van der Waals surface area contributed by atoms with Crippen molar-refractivity contribution in [2.24, 2.45) is 4.99 Å². The summed E-state index contributed by atoms with van der Waals surface area (Å²) in [4.78, 5) is 30.5. The van der Waals surface area contributed by atoms with Crippen LogP contribution in [0.4, 0.5) is 17.2 Å². The van der Waals surface area contributed by atoms with Crippen molar-refractivity contribution in [3.63, 3.8) is 0 Å². The van der Waals surface area contributed by atoms with E-state index in [0.717, 1.165) is 50.2 Å². The van der Waals surface area contributed by atoms with E-state index in [1.165, 1.54) is 6.33 Å². The molecule has 11 heteroatoms. The lowest BCUT2D eigenvalue weighted by Crippen LogP contribution is -2.35. The number of nitrogens with zero attached hydrogens (tertiary/aromatic N) is 4. The van der Waals surface area contributed by atoms with E-state index in [0.29, 0.717) is 60.3 Å². The first-order valence-electron chi connectivity index (χ1n) is 12.9. The molecular weight excluding hydrogens is 472 g/mol. The van der Waals surface area contributed by atoms with Crippen LogP contribution < -0.4 is 20.7 Å². The normalized spacial score (nSPS) is 18.1. The number of likely N-dealkylation sites (N-methyl/N-ethyl adjacent to an activating group) is 1. The highest BCUT2D eigenvalue weighted by molar-refractivity contribution is 6.06. The number of piperidine rings is 1. The minimum Gasteiger partial charge on any atom is -0.494 e. The number of aliphatic imine (C=N–C) groups is 1. The standard InChI is InChI=1S/C26H34N8O3/c1-34-12-11-28-24-23-19(26(36)33-25(23)31-16-30-24)15-29-18-5-6-20(32-17-7-9-27-10-8-17)21(14-18)37-13-3-2-4-22(34)35/h5-6,14-17,27,32,36H,2-4,7-13H2,1H3,(H2,28,30,31,33). The third kappa shape index (κ3) is 5.93. The molecular formula is C26H34N8O3. The third-order valence-electron chi connectivity index (χ3n) is 6.82. The minimum atomic E-state index is -0.0373. The van der Waals surface area contributed by atoms with E-state index in [2.05, 4.69) is 35.9 Å². The van der Waals surface area contributed by atoms with Crippen molar-refractivity contribution in [1.82, 2.24) is 25.2 Å². The molecule has 11 nitrogen and oxygen atoms in total. The maximum atomic E-state index is 12.6. The number of rotatable bonds is 2. The molecule has 0 aliphatic carbocycles. The zero-order valence-electron chi connectivity index (χ0n) is 21.1. The number of amides is 1. The lowest BCUT2D eigenvalue weighted by Gasteiger charge is -2.26. The number of carbonyl (C=O) groups is 1. The van der Waals surface area contributed by atoms with Gasteiger partial charge in [-0.2, -0.15) is 0 Å². The number of ether oxygens (including phenoxy) is 1. The van der Waals surface area contributed by atoms with Gasteiger partial charge in [-0.25, -0.2) is 9.97 Å². The Morgan fingerprint density at radius 2 is 2.03 bits per heavy atom. The Balaban J connectivity index is 1.47. The molecule has 2 aliphatic rings. The largest absolute Gasteiger partial charge is 0.494 e. The van der Waals surface area contributed by atoms with Crippen molar-refractivity contribution < 1.29 is 14.6 Å². The van der Waals surface area contributed by atoms with Crippen LogP contribution >= 0.6 is 0 Å². The number of anilines is 2. The summed E-state index contributed by atoms with van der Waals surface area (Å²) in [5.74, 6) is 1.35. The average molecular weight is 507 g/mol. The quantitative estimate of drug-likeness (QED) is 0.357. The highest BCUT2D eigenvalue weighted by Crippen LogP contribution is 2.33. The molecule has 1 fully saturated rings. The van der Waals surface area contributed by atoms with Gasteiger partial charge in [0.15, 0.2) is 5.88 Å². The molecule has 5 N–H and O–H groups in total. The summed E-state index contributed by atoms with van der Waals surface area (Å²) in [6, 6.07) is 6.21. The summed E-state index contributed by atoms with van der Waals surface area (Å²) in [5, 5.41) is 21.5. The summed E-state index contributed by atoms with van der Waals surface area (Å²) in [6.45, 7) is 3.53. The lowest BCUT2D eigenvalue weighted by atomic mass is 10.1. The van der Waals surface area contributed by atoms with Gasteiger partial charge in [0.05, 0.1) is 28.9 Å². The smallest absolute Gasteiger partial charge is 0.222 e. The van der Waals surface area contributed by atoms with Crippen LogP contribution in [0.3, 0.4) is 0 Å². The summed E-state index contributed by atoms with van der Waals surface area (Å²) in [7, 11) is 1.80. The van der Waals surface area contributed by atoms with Gasteiger partial charge in [-0.05, 0) is 50.9 Å². The van der Waals surface area contributed by atoms with Crippen LogP contribution in [0.25, 0.3) is 11.0 Å². The molecule has 5 rings (SSSR count). The van der Waals surface area contributed by atoms with E-state index in [9.17, 15) is 9.90 Å². The second-order valence-corrected chi connectivity index (χ2v) is 9.49. The van der Waals surface area contributed by atoms with Gasteiger partial charge in [0.25, 0.3) is 0 Å². The van der Waals surface area contributed by atoms with Gasteiger partial charge in [0.1, 0.15) is 23.5 Å². The van der Waals surface area contributed by atoms with Crippen molar-refractivity contribution >= 4 is 40.3 Å². The van der Waals surface area contributed by atoms with Crippen molar-refractivity contribution in [1.29, 1.82) is 0 Å². The molecule has 1 amide bonds. The van der Waals surface area contributed by atoms with Crippen molar-refractivity contribution in [3.05, 3.63) is 30.1 Å². The molecule has 3 aromatic rings. The number of fused-ring (bicyclic) bond motifs is 2. The number of H-pyrrole nitrogens is 1. The number of hydrogen-bond acceptors (Lipinski definition) is 9. The molecule has 0 unspecified atom stereocenters. The fourth-order valence-corrected chi connectivity index (χ4v) is 4.67. The number of nitrogens with one attached hydrogen (secondary N) is 4. The third-order valence-corrected chi connectivity index (χ3v) is 6.82. The zero-order chi connectivity index (χ0) is 25.6. The summed E-state index contributed by atoms with van der Waals surface area (Å²) < 4.78 is 6.19. The molecule has 196 valence electrons. The first kappa shape index (κ1) is 24.8. The van der Waals surface area contributed by atoms with Gasteiger partial charge in [-0.3, -0.25) is 9.79 Å². The Morgan fingerprint density at radius 1 is 1.16 bits per heavy atom. The van der Waals surface area contributed by atoms with Crippen LogP contribution in [-0.2, 0) is 4.79 Å². The monoisotopic (exact) mass is 506 g/mol.